The van der Waals surface area contributed by atoms with Gasteiger partial charge in [-0.25, -0.2) is 0 Å². The van der Waals surface area contributed by atoms with E-state index < -0.39 is 12.0 Å². The van der Waals surface area contributed by atoms with Gasteiger partial charge in [-0.15, -0.1) is 0 Å². The van der Waals surface area contributed by atoms with E-state index >= 15 is 0 Å². The SMILES string of the molecule is COc1ccccc1NC(=O)C[C@@H]([NH2+]CC[NH+](C)C)C(=O)[O-]. The number of rotatable bonds is 9. The molecule has 0 aliphatic carbocycles. The van der Waals surface area contributed by atoms with Crippen molar-refractivity contribution >= 4 is 17.6 Å². The number of quaternary nitrogens is 2. The number of likely N-dealkylation sites (N-methyl/N-ethyl adjacent to an activating group) is 1. The average molecular weight is 310 g/mol. The van der Waals surface area contributed by atoms with Crippen LogP contribution in [0.4, 0.5) is 5.69 Å². The molecule has 1 amide bonds. The van der Waals surface area contributed by atoms with Crippen molar-refractivity contribution in [2.75, 3.05) is 39.6 Å². The fourth-order valence-electron chi connectivity index (χ4n) is 1.98. The number of benzene rings is 1. The van der Waals surface area contributed by atoms with Crippen LogP contribution in [0, 0.1) is 0 Å². The summed E-state index contributed by atoms with van der Waals surface area (Å²) in [5.41, 5.74) is 0.518. The van der Waals surface area contributed by atoms with Gasteiger partial charge in [-0.3, -0.25) is 4.79 Å². The number of aliphatic carboxylic acids is 1. The fraction of sp³-hybridized carbons (Fsp3) is 0.467. The Morgan fingerprint density at radius 1 is 1.36 bits per heavy atom. The Morgan fingerprint density at radius 2 is 2.05 bits per heavy atom. The summed E-state index contributed by atoms with van der Waals surface area (Å²) in [4.78, 5) is 24.4. The third kappa shape index (κ3) is 6.11. The molecule has 4 N–H and O–H groups in total. The Morgan fingerprint density at radius 3 is 2.64 bits per heavy atom. The predicted octanol–water partition coefficient (Wildman–Crippen LogP) is -3.15. The monoisotopic (exact) mass is 310 g/mol. The Hall–Kier alpha value is -2.12. The molecule has 0 heterocycles. The number of para-hydroxylation sites is 2. The number of amides is 1. The largest absolute Gasteiger partial charge is 0.544 e. The van der Waals surface area contributed by atoms with Gasteiger partial charge in [-0.2, -0.15) is 0 Å². The number of carbonyl (C=O) groups is 2. The number of methoxy groups -OCH3 is 1. The van der Waals surface area contributed by atoms with Gasteiger partial charge in [0.2, 0.25) is 5.91 Å². The molecule has 1 atom stereocenters. The van der Waals surface area contributed by atoms with Crippen LogP contribution in [0.25, 0.3) is 0 Å². The molecule has 0 radical (unpaired) electrons. The lowest BCUT2D eigenvalue weighted by Crippen LogP contribution is -3.10. The van der Waals surface area contributed by atoms with E-state index in [2.05, 4.69) is 5.32 Å². The van der Waals surface area contributed by atoms with Crippen molar-refractivity contribution in [1.82, 2.24) is 0 Å². The lowest BCUT2D eigenvalue weighted by atomic mass is 10.2. The van der Waals surface area contributed by atoms with Gasteiger partial charge < -0.3 is 30.2 Å². The van der Waals surface area contributed by atoms with E-state index in [0.717, 1.165) is 6.54 Å². The van der Waals surface area contributed by atoms with Crippen LogP contribution in [0.5, 0.6) is 5.75 Å². The van der Waals surface area contributed by atoms with Crippen LogP contribution < -0.4 is 25.4 Å². The van der Waals surface area contributed by atoms with Gasteiger partial charge in [-0.1, -0.05) is 12.1 Å². The number of nitrogens with one attached hydrogen (secondary N) is 2. The number of hydrogen-bond acceptors (Lipinski definition) is 4. The molecule has 0 aliphatic heterocycles. The van der Waals surface area contributed by atoms with Gasteiger partial charge in [0.15, 0.2) is 0 Å². The van der Waals surface area contributed by atoms with Crippen molar-refractivity contribution in [3.63, 3.8) is 0 Å². The lowest BCUT2D eigenvalue weighted by molar-refractivity contribution is -0.876. The van der Waals surface area contributed by atoms with Crippen molar-refractivity contribution in [1.29, 1.82) is 0 Å². The summed E-state index contributed by atoms with van der Waals surface area (Å²) < 4.78 is 5.14. The zero-order chi connectivity index (χ0) is 16.5. The highest BCUT2D eigenvalue weighted by molar-refractivity contribution is 5.94. The zero-order valence-electron chi connectivity index (χ0n) is 13.2. The lowest BCUT2D eigenvalue weighted by Gasteiger charge is -2.17. The molecule has 0 saturated carbocycles. The average Bonchev–Trinajstić information content (AvgIpc) is 2.46. The number of carboxylic acids is 1. The van der Waals surface area contributed by atoms with Crippen molar-refractivity contribution in [3.05, 3.63) is 24.3 Å². The van der Waals surface area contributed by atoms with Crippen molar-refractivity contribution in [3.8, 4) is 5.75 Å². The minimum absolute atomic E-state index is 0.150. The highest BCUT2D eigenvalue weighted by atomic mass is 16.5. The van der Waals surface area contributed by atoms with Crippen LogP contribution >= 0.6 is 0 Å². The number of hydrogen-bond donors (Lipinski definition) is 3. The number of nitrogens with two attached hydrogens (primary N) is 1. The maximum absolute atomic E-state index is 12.0. The van der Waals surface area contributed by atoms with E-state index in [1.165, 1.54) is 12.0 Å². The molecule has 0 unspecified atom stereocenters. The van der Waals surface area contributed by atoms with E-state index in [-0.39, 0.29) is 12.3 Å². The first kappa shape index (κ1) is 17.9. The minimum Gasteiger partial charge on any atom is -0.544 e. The Labute approximate surface area is 130 Å². The molecule has 0 aliphatic rings. The molecule has 0 saturated heterocycles. The van der Waals surface area contributed by atoms with Gasteiger partial charge in [-0.05, 0) is 12.1 Å². The Kier molecular flexibility index (Phi) is 7.34. The topological polar surface area (TPSA) is 99.5 Å². The molecule has 0 fully saturated rings. The fourth-order valence-corrected chi connectivity index (χ4v) is 1.98. The van der Waals surface area contributed by atoms with Gasteiger partial charge in [0, 0.05) is 0 Å². The normalized spacial score (nSPS) is 12.0. The summed E-state index contributed by atoms with van der Waals surface area (Å²) in [5.74, 6) is -1.09. The summed E-state index contributed by atoms with van der Waals surface area (Å²) in [6.07, 6.45) is -0.150. The zero-order valence-corrected chi connectivity index (χ0v) is 13.2. The molecule has 1 aromatic carbocycles. The third-order valence-corrected chi connectivity index (χ3v) is 3.18. The van der Waals surface area contributed by atoms with Gasteiger partial charge in [0.1, 0.15) is 24.9 Å². The molecule has 0 aromatic heterocycles. The molecule has 1 rings (SSSR count). The molecular formula is C15H24N3O4+. The molecule has 0 spiro atoms. The van der Waals surface area contributed by atoms with Crippen LogP contribution in [0.2, 0.25) is 0 Å². The quantitative estimate of drug-likeness (QED) is 0.448. The molecule has 22 heavy (non-hydrogen) atoms. The summed E-state index contributed by atoms with van der Waals surface area (Å²) in [6.45, 7) is 1.42. The maximum atomic E-state index is 12.0. The smallest absolute Gasteiger partial charge is 0.230 e. The van der Waals surface area contributed by atoms with Crippen LogP contribution in [-0.4, -0.2) is 52.2 Å². The van der Waals surface area contributed by atoms with Crippen molar-refractivity contribution in [2.24, 2.45) is 0 Å². The second-order valence-electron chi connectivity index (χ2n) is 5.36. The first-order valence-corrected chi connectivity index (χ1v) is 7.20. The number of anilines is 1. The summed E-state index contributed by atoms with van der Waals surface area (Å²) in [7, 11) is 5.47. The number of carbonyl (C=O) groups excluding carboxylic acids is 2. The van der Waals surface area contributed by atoms with Crippen molar-refractivity contribution in [2.45, 2.75) is 12.5 Å². The standard InChI is InChI=1S/C15H23N3O4/c1-18(2)9-8-16-12(15(20)21)10-14(19)17-11-6-4-5-7-13(11)22-3/h4-7,12,16H,8-10H2,1-3H3,(H,17,19)(H,20,21)/p+1/t12-/m1/s1. The van der Waals surface area contributed by atoms with E-state index in [4.69, 9.17) is 4.74 Å². The van der Waals surface area contributed by atoms with E-state index in [9.17, 15) is 14.7 Å². The molecule has 1 aromatic rings. The van der Waals surface area contributed by atoms with Crippen molar-refractivity contribution < 1.29 is 29.6 Å². The van der Waals surface area contributed by atoms with Gasteiger partial charge in [0.05, 0.1) is 39.3 Å². The van der Waals surface area contributed by atoms with E-state index in [0.29, 0.717) is 18.0 Å². The summed E-state index contributed by atoms with van der Waals surface area (Å²) >= 11 is 0. The molecule has 122 valence electrons. The maximum Gasteiger partial charge on any atom is 0.230 e. The minimum atomic E-state index is -1.23. The first-order valence-electron chi connectivity index (χ1n) is 7.20. The van der Waals surface area contributed by atoms with Crippen LogP contribution in [0.1, 0.15) is 6.42 Å². The Bertz CT molecular complexity index is 505. The molecular weight excluding hydrogens is 286 g/mol. The van der Waals surface area contributed by atoms with E-state index in [1.807, 2.05) is 14.1 Å². The Balaban J connectivity index is 2.58. The second kappa shape index (κ2) is 9.01. The van der Waals surface area contributed by atoms with E-state index in [1.54, 1.807) is 29.6 Å². The molecule has 7 heteroatoms. The molecule has 0 bridgehead atoms. The third-order valence-electron chi connectivity index (χ3n) is 3.18. The van der Waals surface area contributed by atoms with Gasteiger partial charge in [0.25, 0.3) is 0 Å². The first-order chi connectivity index (χ1) is 10.4. The van der Waals surface area contributed by atoms with Gasteiger partial charge >= 0.3 is 0 Å². The number of ether oxygens (including phenoxy) is 1. The van der Waals surface area contributed by atoms with Crippen LogP contribution in [0.3, 0.4) is 0 Å². The predicted molar refractivity (Wildman–Crippen MR) is 79.5 cm³/mol. The summed E-state index contributed by atoms with van der Waals surface area (Å²) in [6, 6.07) is 6.08. The van der Waals surface area contributed by atoms with Crippen LogP contribution in [0.15, 0.2) is 24.3 Å². The highest BCUT2D eigenvalue weighted by Crippen LogP contribution is 2.22. The van der Waals surface area contributed by atoms with Crippen LogP contribution in [-0.2, 0) is 9.59 Å². The highest BCUT2D eigenvalue weighted by Gasteiger charge is 2.19. The summed E-state index contributed by atoms with van der Waals surface area (Å²) in [5, 5.41) is 15.4. The second-order valence-corrected chi connectivity index (χ2v) is 5.36. The molecule has 7 nitrogen and oxygen atoms in total. The number of carboxylic acid groups (broad SMARTS) is 1.